The second-order valence-corrected chi connectivity index (χ2v) is 10.9. The molecule has 1 spiro atoms. The van der Waals surface area contributed by atoms with Gasteiger partial charge in [-0.05, 0) is 42.7 Å². The third kappa shape index (κ3) is 3.29. The van der Waals surface area contributed by atoms with Crippen LogP contribution in [0.25, 0.3) is 16.7 Å². The number of aromatic nitrogens is 4. The van der Waals surface area contributed by atoms with E-state index in [1.807, 2.05) is 16.9 Å². The molecule has 0 radical (unpaired) electrons. The lowest BCUT2D eigenvalue weighted by Crippen LogP contribution is -2.54. The molecule has 2 aromatic heterocycles. The predicted molar refractivity (Wildman–Crippen MR) is 130 cm³/mol. The van der Waals surface area contributed by atoms with Crippen LogP contribution in [0.2, 0.25) is 0 Å². The van der Waals surface area contributed by atoms with Crippen molar-refractivity contribution in [3.05, 3.63) is 42.4 Å². The molecule has 4 fully saturated rings. The van der Waals surface area contributed by atoms with Crippen LogP contribution in [-0.2, 0) is 5.41 Å². The highest BCUT2D eigenvalue weighted by Gasteiger charge is 2.61. The Kier molecular flexibility index (Phi) is 4.49. The normalized spacial score (nSPS) is 23.4. The molecule has 4 aliphatic rings. The minimum absolute atomic E-state index is 0.340. The van der Waals surface area contributed by atoms with Crippen LogP contribution in [0.3, 0.4) is 0 Å². The first-order valence-corrected chi connectivity index (χ1v) is 12.6. The van der Waals surface area contributed by atoms with Crippen molar-refractivity contribution < 1.29 is 0 Å². The molecule has 0 bridgehead atoms. The van der Waals surface area contributed by atoms with Gasteiger partial charge in [0.1, 0.15) is 12.1 Å². The van der Waals surface area contributed by atoms with Gasteiger partial charge in [-0.25, -0.2) is 14.6 Å². The third-order valence-electron chi connectivity index (χ3n) is 8.51. The third-order valence-corrected chi connectivity index (χ3v) is 8.51. The molecule has 4 heterocycles. The Morgan fingerprint density at radius 1 is 1.06 bits per heavy atom. The van der Waals surface area contributed by atoms with Crippen LogP contribution in [0, 0.1) is 22.7 Å². The Morgan fingerprint density at radius 3 is 2.62 bits per heavy atom. The minimum atomic E-state index is -0.340. The number of fused-ring (bicyclic) bond motifs is 1. The molecule has 1 aromatic carbocycles. The van der Waals surface area contributed by atoms with E-state index in [0.29, 0.717) is 11.3 Å². The fourth-order valence-corrected chi connectivity index (χ4v) is 6.36. The first-order valence-electron chi connectivity index (χ1n) is 12.6. The summed E-state index contributed by atoms with van der Waals surface area (Å²) in [6, 6.07) is 11.1. The average molecular weight is 455 g/mol. The maximum absolute atomic E-state index is 10.0. The minimum Gasteiger partial charge on any atom is -0.356 e. The summed E-state index contributed by atoms with van der Waals surface area (Å²) in [5, 5.41) is 19.2. The van der Waals surface area contributed by atoms with Crippen molar-refractivity contribution in [3.63, 3.8) is 0 Å². The maximum atomic E-state index is 10.0. The molecule has 0 atom stereocenters. The molecule has 3 aromatic rings. The van der Waals surface area contributed by atoms with E-state index >= 15 is 0 Å². The molecule has 174 valence electrons. The molecule has 8 heteroatoms. The van der Waals surface area contributed by atoms with Crippen LogP contribution < -0.4 is 10.2 Å². The number of rotatable bonds is 5. The van der Waals surface area contributed by atoms with Gasteiger partial charge in [-0.2, -0.15) is 10.4 Å². The van der Waals surface area contributed by atoms with E-state index in [-0.39, 0.29) is 5.41 Å². The van der Waals surface area contributed by atoms with Crippen molar-refractivity contribution in [2.75, 3.05) is 50.7 Å². The lowest BCUT2D eigenvalue weighted by Gasteiger charge is -2.44. The molecule has 2 saturated carbocycles. The monoisotopic (exact) mass is 454 g/mol. The van der Waals surface area contributed by atoms with Crippen LogP contribution in [0.4, 0.5) is 5.82 Å². The highest BCUT2D eigenvalue weighted by Crippen LogP contribution is 2.68. The summed E-state index contributed by atoms with van der Waals surface area (Å²) in [6.07, 6.45) is 8.09. The van der Waals surface area contributed by atoms with Gasteiger partial charge < -0.3 is 15.1 Å². The van der Waals surface area contributed by atoms with Gasteiger partial charge in [-0.3, -0.25) is 0 Å². The summed E-state index contributed by atoms with van der Waals surface area (Å²) in [6.45, 7) is 7.74. The molecule has 2 aliphatic heterocycles. The molecule has 0 unspecified atom stereocenters. The zero-order valence-corrected chi connectivity index (χ0v) is 19.5. The summed E-state index contributed by atoms with van der Waals surface area (Å²) in [7, 11) is 0. The second-order valence-electron chi connectivity index (χ2n) is 10.9. The molecule has 1 N–H and O–H groups in total. The molecular weight excluding hydrogens is 424 g/mol. The van der Waals surface area contributed by atoms with E-state index in [1.54, 1.807) is 6.33 Å². The Balaban J connectivity index is 1.11. The number of nitrogens with zero attached hydrogens (tertiary/aromatic N) is 7. The Morgan fingerprint density at radius 2 is 1.85 bits per heavy atom. The molecule has 0 amide bonds. The summed E-state index contributed by atoms with van der Waals surface area (Å²) in [4.78, 5) is 14.0. The smallest absolute Gasteiger partial charge is 0.159 e. The highest BCUT2D eigenvalue weighted by atomic mass is 15.3. The van der Waals surface area contributed by atoms with Crippen LogP contribution in [-0.4, -0.2) is 70.5 Å². The van der Waals surface area contributed by atoms with E-state index < -0.39 is 0 Å². The Labute approximate surface area is 199 Å². The van der Waals surface area contributed by atoms with Crippen LogP contribution in [0.1, 0.15) is 31.2 Å². The lowest BCUT2D eigenvalue weighted by molar-refractivity contribution is 0.173. The van der Waals surface area contributed by atoms with Crippen LogP contribution >= 0.6 is 0 Å². The maximum Gasteiger partial charge on any atom is 0.159 e. The van der Waals surface area contributed by atoms with Crippen LogP contribution in [0.5, 0.6) is 0 Å². The molecule has 2 saturated heterocycles. The molecule has 7 rings (SSSR count). The molecule has 8 nitrogen and oxygen atoms in total. The van der Waals surface area contributed by atoms with Crippen molar-refractivity contribution in [1.82, 2.24) is 30.0 Å². The van der Waals surface area contributed by atoms with Crippen molar-refractivity contribution in [2.24, 2.45) is 11.3 Å². The number of piperazine rings is 1. The van der Waals surface area contributed by atoms with Gasteiger partial charge in [-0.15, -0.1) is 0 Å². The van der Waals surface area contributed by atoms with Crippen molar-refractivity contribution in [1.29, 1.82) is 5.26 Å². The number of benzene rings is 1. The SMILES string of the molecule is N#CC1(c2ccc3cnn(-c4cc(N5CC(CN6CCNCC6)C5)ncn4)c3c2)CC2(CC2)C1. The molecule has 2 aliphatic carbocycles. The molecule has 34 heavy (non-hydrogen) atoms. The number of nitriles is 1. The number of nitrogens with one attached hydrogen (secondary N) is 1. The largest absolute Gasteiger partial charge is 0.356 e. The number of hydrogen-bond acceptors (Lipinski definition) is 7. The highest BCUT2D eigenvalue weighted by molar-refractivity contribution is 5.81. The summed E-state index contributed by atoms with van der Waals surface area (Å²) >= 11 is 0. The first-order chi connectivity index (χ1) is 16.7. The Bertz CT molecular complexity index is 1270. The molecular formula is C26H30N8. The van der Waals surface area contributed by atoms with Gasteiger partial charge in [0.25, 0.3) is 0 Å². The zero-order valence-electron chi connectivity index (χ0n) is 19.5. The lowest BCUT2D eigenvalue weighted by atomic mass is 9.57. The van der Waals surface area contributed by atoms with E-state index in [1.165, 1.54) is 19.4 Å². The standard InChI is InChI=1S/C26H30N8/c27-17-26(15-25(16-26)3-4-25)21-2-1-20-11-31-34(22(20)9-21)24-10-23(29-18-30-24)33-13-19(14-33)12-32-7-5-28-6-8-32/h1-2,9-11,18-19,28H,3-8,12-16H2. The Hall–Kier alpha value is -3.02. The fourth-order valence-electron chi connectivity index (χ4n) is 6.36. The van der Waals surface area contributed by atoms with Gasteiger partial charge in [0, 0.05) is 63.2 Å². The van der Waals surface area contributed by atoms with Gasteiger partial charge in [0.05, 0.1) is 23.2 Å². The van der Waals surface area contributed by atoms with Gasteiger partial charge >= 0.3 is 0 Å². The van der Waals surface area contributed by atoms with Gasteiger partial charge in [0.2, 0.25) is 0 Å². The number of hydrogen-bond donors (Lipinski definition) is 1. The predicted octanol–water partition coefficient (Wildman–Crippen LogP) is 2.49. The van der Waals surface area contributed by atoms with E-state index in [0.717, 1.165) is 80.2 Å². The van der Waals surface area contributed by atoms with E-state index in [4.69, 9.17) is 0 Å². The first kappa shape index (κ1) is 20.4. The van der Waals surface area contributed by atoms with E-state index in [2.05, 4.69) is 54.5 Å². The van der Waals surface area contributed by atoms with Crippen molar-refractivity contribution >= 4 is 16.7 Å². The van der Waals surface area contributed by atoms with Crippen molar-refractivity contribution in [3.8, 4) is 11.9 Å². The second kappa shape index (κ2) is 7.49. The summed E-state index contributed by atoms with van der Waals surface area (Å²) in [5.74, 6) is 2.44. The van der Waals surface area contributed by atoms with Crippen molar-refractivity contribution in [2.45, 2.75) is 31.1 Å². The fraction of sp³-hybridized carbons (Fsp3) is 0.538. The van der Waals surface area contributed by atoms with Crippen LogP contribution in [0.15, 0.2) is 36.8 Å². The zero-order chi connectivity index (χ0) is 22.8. The quantitative estimate of drug-likeness (QED) is 0.634. The van der Waals surface area contributed by atoms with Gasteiger partial charge in [0.15, 0.2) is 5.82 Å². The van der Waals surface area contributed by atoms with E-state index in [9.17, 15) is 5.26 Å². The average Bonchev–Trinajstić information content (AvgIpc) is 3.51. The number of anilines is 1. The topological polar surface area (TPSA) is 85.9 Å². The summed E-state index contributed by atoms with van der Waals surface area (Å²) in [5.41, 5.74) is 2.25. The van der Waals surface area contributed by atoms with Gasteiger partial charge in [-0.1, -0.05) is 12.1 Å². The summed E-state index contributed by atoms with van der Waals surface area (Å²) < 4.78 is 1.90.